The van der Waals surface area contributed by atoms with Gasteiger partial charge in [-0.05, 0) is 43.7 Å². The molecule has 0 fully saturated rings. The molecule has 0 aliphatic heterocycles. The number of aryl methyl sites for hydroxylation is 2. The lowest BCUT2D eigenvalue weighted by molar-refractivity contribution is 0.102. The smallest absolute Gasteiger partial charge is 0.261 e. The van der Waals surface area contributed by atoms with Gasteiger partial charge in [-0.15, -0.1) is 0 Å². The Morgan fingerprint density at radius 1 is 1.16 bits per heavy atom. The van der Waals surface area contributed by atoms with Gasteiger partial charge in [0.25, 0.3) is 5.91 Å². The monoisotopic (exact) mass is 378 g/mol. The molecule has 0 aliphatic carbocycles. The highest BCUT2D eigenvalue weighted by Gasteiger charge is 2.25. The van der Waals surface area contributed by atoms with Crippen LogP contribution < -0.4 is 5.32 Å². The summed E-state index contributed by atoms with van der Waals surface area (Å²) < 4.78 is 19.3. The zero-order chi connectivity index (χ0) is 18.1. The number of nitrogens with one attached hydrogen (secondary N) is 1. The van der Waals surface area contributed by atoms with Crippen molar-refractivity contribution in [3.63, 3.8) is 0 Å². The molecule has 0 saturated carbocycles. The van der Waals surface area contributed by atoms with Gasteiger partial charge in [-0.2, -0.15) is 0 Å². The van der Waals surface area contributed by atoms with E-state index in [9.17, 15) is 9.18 Å². The molecule has 3 aromatic rings. The van der Waals surface area contributed by atoms with Crippen molar-refractivity contribution in [2.24, 2.45) is 0 Å². The molecule has 3 rings (SSSR count). The van der Waals surface area contributed by atoms with E-state index in [2.05, 4.69) is 10.5 Å². The molecule has 1 aromatic heterocycles. The van der Waals surface area contributed by atoms with Crippen LogP contribution in [0, 0.1) is 19.7 Å². The summed E-state index contributed by atoms with van der Waals surface area (Å²) >= 11 is 12.2. The largest absolute Gasteiger partial charge is 0.360 e. The Morgan fingerprint density at radius 2 is 1.92 bits per heavy atom. The standard InChI is InChI=1S/C18H13Cl2FN2O2/c1-9-6-7-11(8-13(9)20)22-18(24)15-10(2)25-23-17(15)16-12(19)4-3-5-14(16)21/h3-8H,1-2H3,(H,22,24). The fraction of sp³-hybridized carbons (Fsp3) is 0.111. The van der Waals surface area contributed by atoms with Crippen LogP contribution >= 0.6 is 23.2 Å². The molecule has 1 heterocycles. The molecule has 0 saturated heterocycles. The van der Waals surface area contributed by atoms with Gasteiger partial charge in [0.15, 0.2) is 0 Å². The second-order valence-electron chi connectivity index (χ2n) is 5.48. The van der Waals surface area contributed by atoms with E-state index in [4.69, 9.17) is 27.7 Å². The predicted octanol–water partition coefficient (Wildman–Crippen LogP) is 5.66. The van der Waals surface area contributed by atoms with Crippen LogP contribution in [-0.2, 0) is 0 Å². The van der Waals surface area contributed by atoms with Crippen LogP contribution in [0.4, 0.5) is 10.1 Å². The van der Waals surface area contributed by atoms with Gasteiger partial charge in [0, 0.05) is 10.7 Å². The van der Waals surface area contributed by atoms with Gasteiger partial charge < -0.3 is 9.84 Å². The zero-order valence-electron chi connectivity index (χ0n) is 13.4. The van der Waals surface area contributed by atoms with E-state index in [0.717, 1.165) is 5.56 Å². The molecule has 0 unspecified atom stereocenters. The lowest BCUT2D eigenvalue weighted by Crippen LogP contribution is -2.13. The first-order valence-corrected chi connectivity index (χ1v) is 8.12. The Labute approximate surface area is 153 Å². The van der Waals surface area contributed by atoms with Crippen molar-refractivity contribution in [2.75, 3.05) is 5.32 Å². The van der Waals surface area contributed by atoms with Gasteiger partial charge in [-0.3, -0.25) is 4.79 Å². The Bertz CT molecular complexity index is 949. The number of carbonyl (C=O) groups is 1. The number of amides is 1. The van der Waals surface area contributed by atoms with Gasteiger partial charge in [-0.1, -0.05) is 40.5 Å². The summed E-state index contributed by atoms with van der Waals surface area (Å²) in [4.78, 5) is 12.7. The predicted molar refractivity (Wildman–Crippen MR) is 95.8 cm³/mol. The molecule has 2 aromatic carbocycles. The molecule has 0 aliphatic rings. The minimum atomic E-state index is -0.590. The Kier molecular flexibility index (Phi) is 4.79. The van der Waals surface area contributed by atoms with Gasteiger partial charge in [-0.25, -0.2) is 4.39 Å². The van der Waals surface area contributed by atoms with Crippen LogP contribution in [0.1, 0.15) is 21.7 Å². The number of carbonyl (C=O) groups excluding carboxylic acids is 1. The lowest BCUT2D eigenvalue weighted by Gasteiger charge is -2.08. The van der Waals surface area contributed by atoms with Gasteiger partial charge in [0.1, 0.15) is 22.8 Å². The van der Waals surface area contributed by atoms with Crippen LogP contribution in [0.2, 0.25) is 10.0 Å². The summed E-state index contributed by atoms with van der Waals surface area (Å²) in [5.41, 5.74) is 1.58. The zero-order valence-corrected chi connectivity index (χ0v) is 14.9. The highest BCUT2D eigenvalue weighted by Crippen LogP contribution is 2.34. The van der Waals surface area contributed by atoms with E-state index in [0.29, 0.717) is 10.7 Å². The number of benzene rings is 2. The Hall–Kier alpha value is -2.37. The summed E-state index contributed by atoms with van der Waals surface area (Å²) in [6, 6.07) is 9.37. The molecule has 0 spiro atoms. The summed E-state index contributed by atoms with van der Waals surface area (Å²) in [5, 5.41) is 7.19. The fourth-order valence-corrected chi connectivity index (χ4v) is 2.83. The van der Waals surface area contributed by atoms with Crippen LogP contribution in [0.5, 0.6) is 0 Å². The quantitative estimate of drug-likeness (QED) is 0.639. The second kappa shape index (κ2) is 6.86. The van der Waals surface area contributed by atoms with Crippen molar-refractivity contribution in [2.45, 2.75) is 13.8 Å². The van der Waals surface area contributed by atoms with Crippen molar-refractivity contribution < 1.29 is 13.7 Å². The van der Waals surface area contributed by atoms with E-state index in [1.165, 1.54) is 18.2 Å². The van der Waals surface area contributed by atoms with Crippen molar-refractivity contribution in [1.29, 1.82) is 0 Å². The molecule has 4 nitrogen and oxygen atoms in total. The topological polar surface area (TPSA) is 55.1 Å². The van der Waals surface area contributed by atoms with Crippen LogP contribution in [0.15, 0.2) is 40.9 Å². The van der Waals surface area contributed by atoms with E-state index in [1.807, 2.05) is 6.92 Å². The number of aromatic nitrogens is 1. The van der Waals surface area contributed by atoms with Gasteiger partial charge in [0.05, 0.1) is 10.6 Å². The molecule has 25 heavy (non-hydrogen) atoms. The fourth-order valence-electron chi connectivity index (χ4n) is 2.40. The average molecular weight is 379 g/mol. The number of hydrogen-bond donors (Lipinski definition) is 1. The first-order chi connectivity index (χ1) is 11.9. The maximum Gasteiger partial charge on any atom is 0.261 e. The van der Waals surface area contributed by atoms with E-state index >= 15 is 0 Å². The third-order valence-corrected chi connectivity index (χ3v) is 4.44. The number of anilines is 1. The maximum atomic E-state index is 14.2. The van der Waals surface area contributed by atoms with Gasteiger partial charge in [0.2, 0.25) is 0 Å². The third-order valence-electron chi connectivity index (χ3n) is 3.72. The van der Waals surface area contributed by atoms with Gasteiger partial charge >= 0.3 is 0 Å². The normalized spacial score (nSPS) is 10.8. The van der Waals surface area contributed by atoms with Crippen molar-refractivity contribution in [1.82, 2.24) is 5.16 Å². The minimum absolute atomic E-state index is 0.0214. The molecule has 7 heteroatoms. The Balaban J connectivity index is 2.02. The average Bonchev–Trinajstić information content (AvgIpc) is 2.92. The molecule has 0 atom stereocenters. The van der Waals surface area contributed by atoms with Crippen LogP contribution in [0.25, 0.3) is 11.3 Å². The maximum absolute atomic E-state index is 14.2. The summed E-state index contributed by atoms with van der Waals surface area (Å²) in [7, 11) is 0. The first-order valence-electron chi connectivity index (χ1n) is 7.36. The third kappa shape index (κ3) is 3.38. The lowest BCUT2D eigenvalue weighted by atomic mass is 10.0. The van der Waals surface area contributed by atoms with Crippen molar-refractivity contribution >= 4 is 34.8 Å². The first kappa shape index (κ1) is 17.5. The summed E-state index contributed by atoms with van der Waals surface area (Å²) in [6.07, 6.45) is 0. The number of hydrogen-bond acceptors (Lipinski definition) is 3. The molecular formula is C18H13Cl2FN2O2. The molecular weight excluding hydrogens is 366 g/mol. The number of nitrogens with zero attached hydrogens (tertiary/aromatic N) is 1. The van der Waals surface area contributed by atoms with E-state index in [-0.39, 0.29) is 27.6 Å². The molecule has 1 N–H and O–H groups in total. The minimum Gasteiger partial charge on any atom is -0.360 e. The second-order valence-corrected chi connectivity index (χ2v) is 6.29. The molecule has 1 amide bonds. The van der Waals surface area contributed by atoms with E-state index < -0.39 is 11.7 Å². The molecule has 128 valence electrons. The Morgan fingerprint density at radius 3 is 2.60 bits per heavy atom. The highest BCUT2D eigenvalue weighted by molar-refractivity contribution is 6.33. The van der Waals surface area contributed by atoms with Crippen molar-refractivity contribution in [3.05, 3.63) is 69.1 Å². The highest BCUT2D eigenvalue weighted by atomic mass is 35.5. The summed E-state index contributed by atoms with van der Waals surface area (Å²) in [6.45, 7) is 3.43. The van der Waals surface area contributed by atoms with Crippen molar-refractivity contribution in [3.8, 4) is 11.3 Å². The van der Waals surface area contributed by atoms with Crippen LogP contribution in [0.3, 0.4) is 0 Å². The van der Waals surface area contributed by atoms with E-state index in [1.54, 1.807) is 25.1 Å². The molecule has 0 radical (unpaired) electrons. The SMILES string of the molecule is Cc1ccc(NC(=O)c2c(-c3c(F)cccc3Cl)noc2C)cc1Cl. The molecule has 0 bridgehead atoms. The number of halogens is 3. The number of rotatable bonds is 3. The summed E-state index contributed by atoms with van der Waals surface area (Å²) in [5.74, 6) is -0.828. The van der Waals surface area contributed by atoms with Crippen LogP contribution in [-0.4, -0.2) is 11.1 Å².